The molecule has 0 unspecified atom stereocenters. The molecule has 108 heavy (non-hydrogen) atoms. The van der Waals surface area contributed by atoms with Gasteiger partial charge >= 0.3 is 5.97 Å². The maximum absolute atomic E-state index is 13.2. The van der Waals surface area contributed by atoms with Crippen molar-refractivity contribution >= 4 is 124 Å². The van der Waals surface area contributed by atoms with E-state index in [2.05, 4.69) is 21.3 Å². The molecule has 2 atom stereocenters. The molecule has 4 saturated carbocycles. The Morgan fingerprint density at radius 2 is 0.907 bits per heavy atom. The quantitative estimate of drug-likeness (QED) is 0.0533. The van der Waals surface area contributed by atoms with Gasteiger partial charge in [0.15, 0.2) is 19.7 Å². The van der Waals surface area contributed by atoms with Gasteiger partial charge in [0, 0.05) is 79.1 Å². The van der Waals surface area contributed by atoms with Crippen molar-refractivity contribution in [3.8, 4) is 0 Å². The molecule has 2 aliphatic heterocycles. The van der Waals surface area contributed by atoms with Gasteiger partial charge in [0.1, 0.15) is 17.2 Å². The summed E-state index contributed by atoms with van der Waals surface area (Å²) < 4.78 is 58.3. The number of aliphatic carboxylic acids is 2. The van der Waals surface area contributed by atoms with E-state index in [9.17, 15) is 55.8 Å². The first kappa shape index (κ1) is 81.2. The van der Waals surface area contributed by atoms with Gasteiger partial charge in [0.25, 0.3) is 23.6 Å². The van der Waals surface area contributed by atoms with Crippen molar-refractivity contribution < 1.29 is 70.0 Å². The van der Waals surface area contributed by atoms with E-state index in [0.717, 1.165) is 47.5 Å². The molecule has 6 aliphatic rings. The zero-order valence-corrected chi connectivity index (χ0v) is 65.5. The smallest absolute Gasteiger partial charge is 0.326 e. The third-order valence-electron chi connectivity index (χ3n) is 21.5. The lowest BCUT2D eigenvalue weighted by Crippen LogP contribution is -2.95. The molecule has 8 aromatic rings. The van der Waals surface area contributed by atoms with Crippen molar-refractivity contribution in [3.05, 3.63) is 197 Å². The minimum absolute atomic E-state index is 0.00581. The van der Waals surface area contributed by atoms with Gasteiger partial charge in [-0.25, -0.2) is 21.6 Å². The molecule has 0 spiro atoms. The fourth-order valence-electron chi connectivity index (χ4n) is 15.6. The number of fused-ring (bicyclic) bond motifs is 4. The van der Waals surface area contributed by atoms with E-state index in [-0.39, 0.29) is 78.8 Å². The fourth-order valence-corrected chi connectivity index (χ4v) is 18.6. The van der Waals surface area contributed by atoms with Crippen LogP contribution in [0.5, 0.6) is 0 Å². The molecule has 14 rings (SSSR count). The summed E-state index contributed by atoms with van der Waals surface area (Å²) in [6.07, 6.45) is 35.1. The van der Waals surface area contributed by atoms with Crippen LogP contribution in [-0.2, 0) is 68.0 Å². The summed E-state index contributed by atoms with van der Waals surface area (Å²) in [4.78, 5) is 80.1. The highest BCUT2D eigenvalue weighted by Gasteiger charge is 2.33. The van der Waals surface area contributed by atoms with Gasteiger partial charge < -0.3 is 54.9 Å². The minimum Gasteiger partial charge on any atom is -0.548 e. The lowest BCUT2D eigenvalue weighted by atomic mass is 9.91. The predicted octanol–water partition coefficient (Wildman–Crippen LogP) is 13.7. The Bertz CT molecular complexity index is 4480. The second-order valence-corrected chi connectivity index (χ2v) is 35.1. The van der Waals surface area contributed by atoms with Crippen molar-refractivity contribution in [2.24, 2.45) is 0 Å². The topological polar surface area (TPSA) is 299 Å². The van der Waals surface area contributed by atoms with Crippen LogP contribution in [0.25, 0.3) is 21.9 Å². The summed E-state index contributed by atoms with van der Waals surface area (Å²) in [5.41, 5.74) is 5.44. The van der Waals surface area contributed by atoms with Crippen LogP contribution in [0.4, 0.5) is 0 Å². The monoisotopic (exact) mass is 1590 g/mol. The number of carbonyl (C=O) groups excluding carboxylic acids is 5. The number of nitrogens with two attached hydrogens (primary N) is 1. The van der Waals surface area contributed by atoms with Crippen molar-refractivity contribution in [1.82, 2.24) is 25.8 Å². The van der Waals surface area contributed by atoms with Crippen molar-refractivity contribution in [2.75, 3.05) is 25.6 Å². The zero-order chi connectivity index (χ0) is 76.8. The van der Waals surface area contributed by atoms with Gasteiger partial charge in [-0.1, -0.05) is 134 Å². The summed E-state index contributed by atoms with van der Waals surface area (Å²) in [7, 11) is -7.01. The molecule has 0 saturated heterocycles. The van der Waals surface area contributed by atoms with Gasteiger partial charge in [0.2, 0.25) is 0 Å². The minimum atomic E-state index is -3.51. The Morgan fingerprint density at radius 1 is 0.519 bits per heavy atom. The largest absolute Gasteiger partial charge is 0.548 e. The van der Waals surface area contributed by atoms with Gasteiger partial charge in [-0.3, -0.25) is 19.2 Å². The van der Waals surface area contributed by atoms with E-state index in [1.807, 2.05) is 24.3 Å². The summed E-state index contributed by atoms with van der Waals surface area (Å²) in [5.74, 6) is -4.85. The maximum atomic E-state index is 13.2. The fraction of sp³-hybridized carbons (Fsp3) is 0.439. The van der Waals surface area contributed by atoms with Crippen LogP contribution in [0.2, 0.25) is 20.1 Å². The molecule has 2 aromatic heterocycles. The maximum Gasteiger partial charge on any atom is 0.326 e. The van der Waals surface area contributed by atoms with Crippen LogP contribution in [0.1, 0.15) is 203 Å². The van der Waals surface area contributed by atoms with Gasteiger partial charge in [-0.15, -0.1) is 0 Å². The van der Waals surface area contributed by atoms with Gasteiger partial charge in [-0.05, 0) is 202 Å². The highest BCUT2D eigenvalue weighted by Crippen LogP contribution is 2.38. The number of quaternary nitrogens is 1. The summed E-state index contributed by atoms with van der Waals surface area (Å²) in [6, 6.07) is 29.7. The molecule has 4 amide bonds. The van der Waals surface area contributed by atoms with E-state index in [1.54, 1.807) is 70.9 Å². The number of carboxylic acid groups (broad SMARTS) is 2. The van der Waals surface area contributed by atoms with Crippen LogP contribution in [0, 0.1) is 0 Å². The Kier molecular flexibility index (Phi) is 28.0. The number of hydrogen-bond acceptors (Lipinski definition) is 14. The van der Waals surface area contributed by atoms with Crippen molar-refractivity contribution in [1.29, 1.82) is 0 Å². The molecule has 6 aromatic carbocycles. The number of nitrogens with zero attached hydrogens (tertiary/aromatic N) is 2. The van der Waals surface area contributed by atoms with Gasteiger partial charge in [0.05, 0.1) is 77.6 Å². The van der Waals surface area contributed by atoms with Crippen molar-refractivity contribution in [3.63, 3.8) is 0 Å². The zero-order valence-electron chi connectivity index (χ0n) is 60.9. The predicted molar refractivity (Wildman–Crippen MR) is 416 cm³/mol. The third kappa shape index (κ3) is 21.4. The number of carboxylic acids is 2. The number of halogens is 4. The highest BCUT2D eigenvalue weighted by atomic mass is 35.5. The number of sulfone groups is 2. The molecule has 20 nitrogen and oxygen atoms in total. The molecule has 576 valence electrons. The number of amides is 4. The van der Waals surface area contributed by atoms with Crippen LogP contribution >= 0.6 is 46.4 Å². The normalized spacial score (nSPS) is 17.3. The second-order valence-electron chi connectivity index (χ2n) is 29.5. The molecular weight excluding hydrogens is 1500 g/mol. The Morgan fingerprint density at radius 3 is 1.30 bits per heavy atom. The highest BCUT2D eigenvalue weighted by molar-refractivity contribution is 7.91. The number of nitrogens with one attached hydrogen (secondary N) is 3. The Labute approximate surface area is 651 Å². The molecule has 4 heterocycles. The average molecular weight is 1590 g/mol. The molecule has 0 bridgehead atoms. The van der Waals surface area contributed by atoms with Crippen LogP contribution in [0.15, 0.2) is 140 Å². The van der Waals surface area contributed by atoms with E-state index < -0.39 is 55.5 Å². The average Bonchev–Trinajstić information content (AvgIpc) is 0.909. The van der Waals surface area contributed by atoms with Crippen molar-refractivity contribution in [2.45, 2.75) is 213 Å². The standard InChI is InChI=1S/2C29H24Cl2N2O7S.2C12H23N/c2*1-41(38,39)20-4-2-3-16(11-20)12-23(29(36)37)32-27(34)25-22(30)13-19-15-33(9-7-21(19)26(25)31)28(35)18-6-5-17-8-10-40-24(17)14-18;2*1-3-7-11(8-4-1)13-12-9-5-2-6-10-12/h2*2-6,8,10-11,13-14,23H,7,9,12,15H2,1H3,(H,32,34)(H,36,37);2*11-13H,1-10H2/t2*23-;;/m00../s1. The first-order valence-corrected chi connectivity index (χ1v) is 42.8. The molecule has 6 N–H and O–H groups in total. The Balaban J connectivity index is 0.000000161. The van der Waals surface area contributed by atoms with E-state index in [0.29, 0.717) is 81.6 Å². The summed E-state index contributed by atoms with van der Waals surface area (Å²) >= 11 is 26.2. The first-order valence-electron chi connectivity index (χ1n) is 37.5. The molecule has 26 heteroatoms. The van der Waals surface area contributed by atoms with E-state index >= 15 is 0 Å². The number of carbonyl (C=O) groups is 6. The Hall–Kier alpha value is -7.80. The molecule has 4 fully saturated rings. The number of furan rings is 2. The summed E-state index contributed by atoms with van der Waals surface area (Å²) in [5, 5.41) is 35.0. The van der Waals surface area contributed by atoms with E-state index in [4.69, 9.17) is 55.2 Å². The molecule has 4 aliphatic carbocycles. The number of benzene rings is 6. The van der Waals surface area contributed by atoms with E-state index in [1.165, 1.54) is 165 Å². The first-order chi connectivity index (χ1) is 51.7. The number of hydrogen-bond donors (Lipinski definition) is 5. The summed E-state index contributed by atoms with van der Waals surface area (Å²) in [6.45, 7) is 1.12. The van der Waals surface area contributed by atoms with Gasteiger partial charge in [-0.2, -0.15) is 0 Å². The second kappa shape index (κ2) is 37.3. The van der Waals surface area contributed by atoms with Crippen LogP contribution in [-0.4, -0.2) is 129 Å². The lowest BCUT2D eigenvalue weighted by Gasteiger charge is -2.30. The third-order valence-corrected chi connectivity index (χ3v) is 25.1. The molecular formula is C82H94Cl4N6O14S2. The van der Waals surface area contributed by atoms with Crippen LogP contribution < -0.4 is 26.4 Å². The SMILES string of the molecule is C1CCC(NC2CCCCC2)CC1.C1CCC([NH2+]C2CCCCC2)CC1.CS(=O)(=O)c1cccc(C[C@H](NC(=O)c2c(Cl)cc3c(c2Cl)CCN(C(=O)c2ccc4ccoc4c2)C3)C(=O)O)c1.CS(=O)(=O)c1cccc(C[C@H](NC(=O)c2c(Cl)cc3c(c2Cl)CCN(C(=O)c2ccc4ccoc4c2)C3)C(=O)[O-])c1. The van der Waals surface area contributed by atoms with Crippen LogP contribution in [0.3, 0.4) is 0 Å². The number of rotatable bonds is 18. The lowest BCUT2D eigenvalue weighted by molar-refractivity contribution is -0.725. The molecule has 0 radical (unpaired) electrons.